The molecule has 4 rings (SSSR count). The van der Waals surface area contributed by atoms with E-state index in [1.54, 1.807) is 59.7 Å². The molecule has 64 heavy (non-hydrogen) atoms. The SMILES string of the molecule is CC[C@H]1OC(=O)C[C@@H](O)[C@H](C)[C@@H](O[C@@H]2O[C@H](C)[C@@H](O[C@H]3C[C@](C)(O)[C@@H](O)[C@H](C)O3)[C@@H](N(C)C)[C@H]2O)[C@H](CC=O)C[C@@H](C)C(=O)/C=C/C(C)=C/[C@@H]1CO[C@@H]1O[C@H](C)[C@@H](O)[C@H](OC)[C@@H]1OC. The van der Waals surface area contributed by atoms with Crippen LogP contribution in [0.1, 0.15) is 87.5 Å². The molecular formula is C46H77NO17. The van der Waals surface area contributed by atoms with Gasteiger partial charge in [0.25, 0.3) is 0 Å². The number of carbonyl (C=O) groups is 3. The Labute approximate surface area is 378 Å². The predicted molar refractivity (Wildman–Crippen MR) is 230 cm³/mol. The third kappa shape index (κ3) is 13.5. The second-order valence-electron chi connectivity index (χ2n) is 18.7. The first kappa shape index (κ1) is 54.3. The molecule has 0 radical (unpaired) electrons. The predicted octanol–water partition coefficient (Wildman–Crippen LogP) is 1.83. The molecule has 0 unspecified atom stereocenters. The molecule has 0 aliphatic carbocycles. The van der Waals surface area contributed by atoms with E-state index in [-0.39, 0.29) is 31.7 Å². The van der Waals surface area contributed by atoms with Crippen LogP contribution in [0.5, 0.6) is 0 Å². The number of aliphatic hydroxyl groups is 5. The Morgan fingerprint density at radius 3 is 2.11 bits per heavy atom. The highest BCUT2D eigenvalue weighted by molar-refractivity contribution is 5.91. The number of nitrogens with zero attached hydrogens (tertiary/aromatic N) is 1. The van der Waals surface area contributed by atoms with Crippen LogP contribution in [0.4, 0.5) is 0 Å². The minimum Gasteiger partial charge on any atom is -0.462 e. The van der Waals surface area contributed by atoms with Crippen LogP contribution in [0.2, 0.25) is 0 Å². The minimum atomic E-state index is -1.49. The van der Waals surface area contributed by atoms with Crippen LogP contribution in [-0.2, 0) is 57.0 Å². The lowest BCUT2D eigenvalue weighted by Crippen LogP contribution is -2.65. The summed E-state index contributed by atoms with van der Waals surface area (Å²) < 4.78 is 54.7. The standard InChI is InChI=1S/C46H77NO17/c1-13-33-30(22-58-45-42(57-12)41(56-11)37(52)26(5)60-45)18-23(2)14-15-31(49)24(3)19-29(16-17-48)39(25(4)32(50)20-34(51)62-33)64-44-38(53)36(47(9)10)40(27(6)61-44)63-35-21-46(8,55)43(54)28(7)59-35/h14-15,17-18,24-30,32-33,35-45,50,52-55H,13,16,19-22H2,1-12H3/b15-14+,23-18+/t24-,25+,26-,27-,28+,29-,30-,32-,33-,35+,36+,37-,38-,39-,40-,41+,42+,43+,44+,45-,46+/m1/s1. The fraction of sp³-hybridized carbons (Fsp3) is 0.848. The van der Waals surface area contributed by atoms with Gasteiger partial charge in [0.1, 0.15) is 49.0 Å². The van der Waals surface area contributed by atoms with E-state index in [0.717, 1.165) is 6.29 Å². The van der Waals surface area contributed by atoms with Crippen molar-refractivity contribution in [3.05, 3.63) is 23.8 Å². The molecule has 4 aliphatic rings. The van der Waals surface area contributed by atoms with Crippen molar-refractivity contribution >= 4 is 18.0 Å². The fourth-order valence-electron chi connectivity index (χ4n) is 9.51. The molecule has 0 aromatic heterocycles. The lowest BCUT2D eigenvalue weighted by molar-refractivity contribution is -0.341. The van der Waals surface area contributed by atoms with Crippen LogP contribution in [0, 0.1) is 23.7 Å². The van der Waals surface area contributed by atoms with Gasteiger partial charge in [-0.1, -0.05) is 38.5 Å². The fourth-order valence-corrected chi connectivity index (χ4v) is 9.51. The molecular weight excluding hydrogens is 838 g/mol. The number of esters is 1. The van der Waals surface area contributed by atoms with Gasteiger partial charge in [-0.15, -0.1) is 0 Å². The van der Waals surface area contributed by atoms with Gasteiger partial charge in [-0.3, -0.25) is 9.59 Å². The molecule has 0 bridgehead atoms. The van der Waals surface area contributed by atoms with Crippen molar-refractivity contribution in [2.75, 3.05) is 34.9 Å². The molecule has 0 spiro atoms. The summed E-state index contributed by atoms with van der Waals surface area (Å²) in [6.07, 6.45) is -8.49. The second kappa shape index (κ2) is 24.1. The topological polar surface area (TPSA) is 239 Å². The zero-order valence-electron chi connectivity index (χ0n) is 39.7. The molecule has 368 valence electrons. The molecule has 4 aliphatic heterocycles. The molecule has 0 saturated carbocycles. The van der Waals surface area contributed by atoms with Crippen molar-refractivity contribution in [2.45, 2.75) is 191 Å². The first-order valence-electron chi connectivity index (χ1n) is 22.7. The Hall–Kier alpha value is -2.27. The summed E-state index contributed by atoms with van der Waals surface area (Å²) >= 11 is 0. The van der Waals surface area contributed by atoms with E-state index in [4.69, 9.17) is 42.6 Å². The van der Waals surface area contributed by atoms with E-state index in [1.165, 1.54) is 27.2 Å². The van der Waals surface area contributed by atoms with Gasteiger partial charge in [0.15, 0.2) is 24.7 Å². The lowest BCUT2D eigenvalue weighted by atomic mass is 9.79. The first-order chi connectivity index (χ1) is 30.1. The van der Waals surface area contributed by atoms with Gasteiger partial charge >= 0.3 is 5.97 Å². The van der Waals surface area contributed by atoms with Crippen LogP contribution >= 0.6 is 0 Å². The first-order valence-corrected chi connectivity index (χ1v) is 22.7. The van der Waals surface area contributed by atoms with Crippen molar-refractivity contribution in [3.8, 4) is 0 Å². The van der Waals surface area contributed by atoms with Gasteiger partial charge in [0, 0.05) is 44.8 Å². The third-order valence-corrected chi connectivity index (χ3v) is 13.4. The molecule has 18 heteroatoms. The van der Waals surface area contributed by atoms with Crippen LogP contribution in [0.15, 0.2) is 23.8 Å². The van der Waals surface area contributed by atoms with Crippen LogP contribution < -0.4 is 0 Å². The third-order valence-electron chi connectivity index (χ3n) is 13.4. The number of ether oxygens (including phenoxy) is 9. The average molecular weight is 916 g/mol. The van der Waals surface area contributed by atoms with Crippen molar-refractivity contribution in [3.63, 3.8) is 0 Å². The zero-order chi connectivity index (χ0) is 47.8. The van der Waals surface area contributed by atoms with E-state index in [0.29, 0.717) is 12.0 Å². The molecule has 18 nitrogen and oxygen atoms in total. The normalized spacial score (nSPS) is 45.9. The van der Waals surface area contributed by atoms with E-state index in [2.05, 4.69) is 0 Å². The van der Waals surface area contributed by atoms with Gasteiger partial charge in [0.2, 0.25) is 0 Å². The second-order valence-corrected chi connectivity index (χ2v) is 18.7. The Balaban J connectivity index is 1.62. The monoisotopic (exact) mass is 916 g/mol. The maximum Gasteiger partial charge on any atom is 0.308 e. The van der Waals surface area contributed by atoms with Crippen LogP contribution in [0.3, 0.4) is 0 Å². The highest BCUT2D eigenvalue weighted by Crippen LogP contribution is 2.37. The van der Waals surface area contributed by atoms with Gasteiger partial charge < -0.3 is 77.9 Å². The molecule has 4 heterocycles. The van der Waals surface area contributed by atoms with Gasteiger partial charge in [-0.2, -0.15) is 0 Å². The van der Waals surface area contributed by atoms with E-state index < -0.39 is 140 Å². The van der Waals surface area contributed by atoms with Gasteiger partial charge in [0.05, 0.1) is 55.2 Å². The Kier molecular flexibility index (Phi) is 20.5. The highest BCUT2D eigenvalue weighted by Gasteiger charge is 2.52. The summed E-state index contributed by atoms with van der Waals surface area (Å²) in [5.74, 6) is -3.59. The number of rotatable bonds is 13. The molecule has 0 aromatic rings. The number of likely N-dealkylation sites (N-methyl/N-ethyl adjacent to an activating group) is 1. The van der Waals surface area contributed by atoms with Gasteiger partial charge in [-0.25, -0.2) is 0 Å². The van der Waals surface area contributed by atoms with Crippen molar-refractivity contribution in [1.82, 2.24) is 4.90 Å². The molecule has 3 saturated heterocycles. The smallest absolute Gasteiger partial charge is 0.308 e. The number of carbonyl (C=O) groups excluding carboxylic acids is 3. The van der Waals surface area contributed by atoms with Crippen molar-refractivity contribution < 1.29 is 82.5 Å². The van der Waals surface area contributed by atoms with E-state index in [9.17, 15) is 39.9 Å². The Bertz CT molecular complexity index is 1560. The minimum absolute atomic E-state index is 0.00788. The molecule has 0 amide bonds. The molecule has 5 N–H and O–H groups in total. The van der Waals surface area contributed by atoms with Crippen molar-refractivity contribution in [1.29, 1.82) is 0 Å². The summed E-state index contributed by atoms with van der Waals surface area (Å²) in [5, 5.41) is 55.8. The van der Waals surface area contributed by atoms with Crippen molar-refractivity contribution in [2.24, 2.45) is 23.7 Å². The van der Waals surface area contributed by atoms with Crippen LogP contribution in [0.25, 0.3) is 0 Å². The summed E-state index contributed by atoms with van der Waals surface area (Å²) in [6.45, 7) is 13.6. The summed E-state index contributed by atoms with van der Waals surface area (Å²) in [4.78, 5) is 41.5. The van der Waals surface area contributed by atoms with E-state index in [1.807, 2.05) is 19.9 Å². The average Bonchev–Trinajstić information content (AvgIpc) is 3.23. The number of cyclic esters (lactones) is 1. The molecule has 0 aromatic carbocycles. The number of ketones is 1. The maximum absolute atomic E-state index is 13.8. The Morgan fingerprint density at radius 2 is 1.52 bits per heavy atom. The summed E-state index contributed by atoms with van der Waals surface area (Å²) in [7, 11) is 6.43. The Morgan fingerprint density at radius 1 is 0.859 bits per heavy atom. The summed E-state index contributed by atoms with van der Waals surface area (Å²) in [5.41, 5.74) is -0.806. The quantitative estimate of drug-likeness (QED) is 0.131. The number of methoxy groups -OCH3 is 2. The molecule has 21 atom stereocenters. The molecule has 3 fully saturated rings. The van der Waals surface area contributed by atoms with Gasteiger partial charge in [-0.05, 0) is 73.5 Å². The number of aldehydes is 1. The number of allylic oxidation sites excluding steroid dienone is 3. The zero-order valence-corrected chi connectivity index (χ0v) is 39.7. The van der Waals surface area contributed by atoms with E-state index >= 15 is 0 Å². The van der Waals surface area contributed by atoms with Crippen LogP contribution in [-0.4, -0.2) is 187 Å². The number of hydrogen-bond donors (Lipinski definition) is 5. The summed E-state index contributed by atoms with van der Waals surface area (Å²) in [6, 6.07) is -0.748. The lowest BCUT2D eigenvalue weighted by Gasteiger charge is -2.50. The number of hydrogen-bond acceptors (Lipinski definition) is 18. The highest BCUT2D eigenvalue weighted by atomic mass is 16.7. The number of aliphatic hydroxyl groups excluding tert-OH is 4. The maximum atomic E-state index is 13.8. The largest absolute Gasteiger partial charge is 0.462 e.